The molecule has 0 unspecified atom stereocenters. The Labute approximate surface area is 135 Å². The van der Waals surface area contributed by atoms with Crippen LogP contribution < -0.4 is 5.73 Å². The third-order valence-corrected chi connectivity index (χ3v) is 4.02. The molecule has 4 N–H and O–H groups in total. The second-order valence-corrected chi connectivity index (χ2v) is 5.40. The van der Waals surface area contributed by atoms with Gasteiger partial charge in [0.2, 0.25) is 0 Å². The third-order valence-electron chi connectivity index (χ3n) is 4.02. The number of nitrogens with two attached hydrogens (primary N) is 1. The van der Waals surface area contributed by atoms with E-state index in [4.69, 9.17) is 20.7 Å². The summed E-state index contributed by atoms with van der Waals surface area (Å²) in [5.41, 5.74) is 13.6. The number of anilines is 1. The van der Waals surface area contributed by atoms with Gasteiger partial charge < -0.3 is 25.4 Å². The van der Waals surface area contributed by atoms with Gasteiger partial charge in [0.1, 0.15) is 29.6 Å². The van der Waals surface area contributed by atoms with Crippen LogP contribution >= 0.6 is 0 Å². The molecule has 2 aromatic heterocycles. The predicted molar refractivity (Wildman–Crippen MR) is 80.5 cm³/mol. The zero-order valence-corrected chi connectivity index (χ0v) is 12.7. The zero-order chi connectivity index (χ0) is 17.3. The maximum atomic E-state index is 10.4. The van der Waals surface area contributed by atoms with E-state index >= 15 is 0 Å². The van der Waals surface area contributed by atoms with Crippen LogP contribution in [0.1, 0.15) is 6.23 Å². The average molecular weight is 336 g/mol. The maximum Gasteiger partial charge on any atom is 0.167 e. The molecule has 0 radical (unpaired) electrons. The summed E-state index contributed by atoms with van der Waals surface area (Å²) < 4.78 is 12.6. The fourth-order valence-corrected chi connectivity index (χ4v) is 2.79. The Balaban J connectivity index is 2.04. The summed E-state index contributed by atoms with van der Waals surface area (Å²) in [5.74, 6) is 0.208. The van der Waals surface area contributed by atoms with Crippen molar-refractivity contribution in [2.75, 3.05) is 26.1 Å². The van der Waals surface area contributed by atoms with Crippen molar-refractivity contribution in [1.29, 1.82) is 0 Å². The van der Waals surface area contributed by atoms with Gasteiger partial charge in [-0.1, -0.05) is 5.11 Å². The number of imidazole rings is 1. The summed E-state index contributed by atoms with van der Waals surface area (Å²) in [5, 5.41) is 23.4. The highest BCUT2D eigenvalue weighted by Crippen LogP contribution is 2.35. The van der Waals surface area contributed by atoms with Crippen LogP contribution in [-0.2, 0) is 9.47 Å². The molecule has 0 bridgehead atoms. The van der Waals surface area contributed by atoms with Gasteiger partial charge in [0.25, 0.3) is 0 Å². The van der Waals surface area contributed by atoms with E-state index in [0.717, 1.165) is 0 Å². The van der Waals surface area contributed by atoms with Gasteiger partial charge >= 0.3 is 0 Å². The summed E-state index contributed by atoms with van der Waals surface area (Å²) in [4.78, 5) is 14.9. The second-order valence-electron chi connectivity index (χ2n) is 5.40. The van der Waals surface area contributed by atoms with Crippen LogP contribution in [-0.4, -0.2) is 67.8 Å². The molecule has 24 heavy (non-hydrogen) atoms. The molecule has 1 saturated heterocycles. The lowest BCUT2D eigenvalue weighted by Crippen LogP contribution is -2.47. The molecule has 0 amide bonds. The van der Waals surface area contributed by atoms with Gasteiger partial charge in [0.05, 0.1) is 19.5 Å². The highest BCUT2D eigenvalue weighted by molar-refractivity contribution is 5.81. The minimum atomic E-state index is -1.70. The van der Waals surface area contributed by atoms with E-state index in [9.17, 15) is 10.2 Å². The molecule has 1 aliphatic heterocycles. The largest absolute Gasteiger partial charge is 0.393 e. The molecule has 0 saturated carbocycles. The van der Waals surface area contributed by atoms with Crippen molar-refractivity contribution in [3.05, 3.63) is 23.1 Å². The molecular formula is C12H16N8O4. The number of aliphatic hydroxyl groups is 2. The lowest BCUT2D eigenvalue weighted by molar-refractivity contribution is -0.0711. The normalized spacial score (nSPS) is 28.0. The summed E-state index contributed by atoms with van der Waals surface area (Å²) in [7, 11) is 1.42. The molecule has 0 aromatic carbocycles. The third kappa shape index (κ3) is 2.42. The van der Waals surface area contributed by atoms with Crippen LogP contribution in [0.15, 0.2) is 17.8 Å². The van der Waals surface area contributed by atoms with E-state index in [-0.39, 0.29) is 12.4 Å². The van der Waals surface area contributed by atoms with Crippen molar-refractivity contribution in [1.82, 2.24) is 19.5 Å². The molecule has 4 atom stereocenters. The van der Waals surface area contributed by atoms with Crippen LogP contribution in [0.3, 0.4) is 0 Å². The zero-order valence-electron chi connectivity index (χ0n) is 12.7. The minimum absolute atomic E-state index is 0.207. The molecule has 0 spiro atoms. The molecule has 1 fully saturated rings. The van der Waals surface area contributed by atoms with Gasteiger partial charge in [-0.25, -0.2) is 15.0 Å². The first-order valence-electron chi connectivity index (χ1n) is 7.00. The topological polar surface area (TPSA) is 177 Å². The van der Waals surface area contributed by atoms with E-state index in [1.54, 1.807) is 4.57 Å². The van der Waals surface area contributed by atoms with Gasteiger partial charge in [-0.2, -0.15) is 0 Å². The Morgan fingerprint density at radius 2 is 2.42 bits per heavy atom. The molecule has 12 heteroatoms. The number of rotatable bonds is 5. The SMILES string of the molecule is CO[C@@H]([C@@H]1OC[C@@](O)(CO)[C@H]1N=[N+]=[N-])n1cnc2c(N)ncnc21. The van der Waals surface area contributed by atoms with E-state index in [0.29, 0.717) is 11.2 Å². The molecule has 128 valence electrons. The number of aliphatic hydroxyl groups excluding tert-OH is 1. The Kier molecular flexibility index (Phi) is 4.22. The smallest absolute Gasteiger partial charge is 0.167 e. The van der Waals surface area contributed by atoms with E-state index in [1.165, 1.54) is 19.8 Å². The quantitative estimate of drug-likeness (QED) is 0.366. The first-order chi connectivity index (χ1) is 11.6. The number of methoxy groups -OCH3 is 1. The Hall–Kier alpha value is -2.50. The number of ether oxygens (including phenoxy) is 2. The number of hydrogen-bond donors (Lipinski definition) is 3. The van der Waals surface area contributed by atoms with E-state index in [2.05, 4.69) is 25.0 Å². The summed E-state index contributed by atoms with van der Waals surface area (Å²) in [6, 6.07) is -1.06. The lowest BCUT2D eigenvalue weighted by Gasteiger charge is -2.29. The van der Waals surface area contributed by atoms with E-state index < -0.39 is 30.6 Å². The highest BCUT2D eigenvalue weighted by atomic mass is 16.6. The van der Waals surface area contributed by atoms with Crippen LogP contribution in [0.4, 0.5) is 5.82 Å². The number of aromatic nitrogens is 4. The number of nitrogens with zero attached hydrogens (tertiary/aromatic N) is 7. The molecule has 3 heterocycles. The minimum Gasteiger partial charge on any atom is -0.393 e. The van der Waals surface area contributed by atoms with Crippen LogP contribution in [0.5, 0.6) is 0 Å². The van der Waals surface area contributed by atoms with Gasteiger partial charge in [0, 0.05) is 12.0 Å². The average Bonchev–Trinajstić information content (AvgIpc) is 3.14. The Morgan fingerprint density at radius 1 is 1.62 bits per heavy atom. The lowest BCUT2D eigenvalue weighted by atomic mass is 9.94. The number of hydrogen-bond acceptors (Lipinski definition) is 9. The first kappa shape index (κ1) is 16.4. The fourth-order valence-electron chi connectivity index (χ4n) is 2.79. The van der Waals surface area contributed by atoms with Crippen molar-refractivity contribution in [2.24, 2.45) is 5.11 Å². The van der Waals surface area contributed by atoms with Gasteiger partial charge in [-0.3, -0.25) is 4.57 Å². The van der Waals surface area contributed by atoms with Gasteiger partial charge in [0.15, 0.2) is 17.7 Å². The van der Waals surface area contributed by atoms with Gasteiger partial charge in [-0.05, 0) is 5.53 Å². The van der Waals surface area contributed by atoms with Crippen molar-refractivity contribution >= 4 is 17.0 Å². The molecule has 1 aliphatic rings. The number of nitrogen functional groups attached to an aromatic ring is 1. The first-order valence-corrected chi connectivity index (χ1v) is 7.00. The Bertz CT molecular complexity index is 790. The molecule has 12 nitrogen and oxygen atoms in total. The summed E-state index contributed by atoms with van der Waals surface area (Å²) >= 11 is 0. The van der Waals surface area contributed by atoms with E-state index in [1.807, 2.05) is 0 Å². The van der Waals surface area contributed by atoms with Crippen molar-refractivity contribution in [3.8, 4) is 0 Å². The Morgan fingerprint density at radius 3 is 3.08 bits per heavy atom. The fraction of sp³-hybridized carbons (Fsp3) is 0.583. The standard InChI is InChI=1S/C12H16N8O4/c1-23-11(7-8(18-19-14)12(22,2-21)3-24-7)20-5-17-6-9(13)15-4-16-10(6)20/h4-5,7-8,11,21-22H,2-3H2,1H3,(H2,13,15,16)/t7-,8+,11+,12+/m1/s1. The predicted octanol–water partition coefficient (Wildman–Crippen LogP) is -0.645. The maximum absolute atomic E-state index is 10.4. The molecule has 3 rings (SSSR count). The van der Waals surface area contributed by atoms with Crippen LogP contribution in [0.25, 0.3) is 21.6 Å². The number of azide groups is 1. The van der Waals surface area contributed by atoms with Crippen molar-refractivity contribution < 1.29 is 19.7 Å². The summed E-state index contributed by atoms with van der Waals surface area (Å²) in [6.07, 6.45) is 1.04. The second kappa shape index (κ2) is 6.19. The molecule has 2 aromatic rings. The van der Waals surface area contributed by atoms with Crippen molar-refractivity contribution in [3.63, 3.8) is 0 Å². The molecule has 0 aliphatic carbocycles. The monoisotopic (exact) mass is 336 g/mol. The number of fused-ring (bicyclic) bond motifs is 1. The molecular weight excluding hydrogens is 320 g/mol. The van der Waals surface area contributed by atoms with Gasteiger partial charge in [-0.15, -0.1) is 0 Å². The van der Waals surface area contributed by atoms with Crippen molar-refractivity contribution in [2.45, 2.75) is 24.0 Å². The van der Waals surface area contributed by atoms with Crippen LogP contribution in [0, 0.1) is 0 Å². The highest BCUT2D eigenvalue weighted by Gasteiger charge is 2.51. The summed E-state index contributed by atoms with van der Waals surface area (Å²) in [6.45, 7) is -0.828. The van der Waals surface area contributed by atoms with Crippen LogP contribution in [0.2, 0.25) is 0 Å².